The van der Waals surface area contributed by atoms with Crippen LogP contribution in [-0.4, -0.2) is 4.98 Å². The molecule has 16 heavy (non-hydrogen) atoms. The van der Waals surface area contributed by atoms with Crippen molar-refractivity contribution in [2.24, 2.45) is 5.73 Å². The van der Waals surface area contributed by atoms with Gasteiger partial charge in [-0.25, -0.2) is 4.98 Å². The molecule has 1 aromatic heterocycles. The van der Waals surface area contributed by atoms with Gasteiger partial charge in [0.1, 0.15) is 11.5 Å². The fourth-order valence-corrected chi connectivity index (χ4v) is 1.73. The van der Waals surface area contributed by atoms with Crippen LogP contribution < -0.4 is 5.73 Å². The van der Waals surface area contributed by atoms with E-state index in [-0.39, 0.29) is 0 Å². The van der Waals surface area contributed by atoms with E-state index in [4.69, 9.17) is 10.2 Å². The number of rotatable bonds is 3. The van der Waals surface area contributed by atoms with Crippen LogP contribution >= 0.6 is 0 Å². The molecule has 1 heterocycles. The first kappa shape index (κ1) is 10.9. The van der Waals surface area contributed by atoms with Gasteiger partial charge in [0.05, 0.1) is 6.54 Å². The maximum atomic E-state index is 5.62. The van der Waals surface area contributed by atoms with Crippen LogP contribution in [0.25, 0.3) is 11.3 Å². The zero-order valence-electron chi connectivity index (χ0n) is 9.66. The van der Waals surface area contributed by atoms with Crippen LogP contribution in [0, 0.1) is 6.92 Å². The molecule has 0 atom stereocenters. The molecule has 3 nitrogen and oxygen atoms in total. The topological polar surface area (TPSA) is 52.0 Å². The molecule has 0 bridgehead atoms. The normalized spacial score (nSPS) is 10.7. The van der Waals surface area contributed by atoms with E-state index in [9.17, 15) is 0 Å². The lowest BCUT2D eigenvalue weighted by Gasteiger charge is -2.00. The second-order valence-corrected chi connectivity index (χ2v) is 3.76. The molecule has 0 spiro atoms. The summed E-state index contributed by atoms with van der Waals surface area (Å²) in [4.78, 5) is 4.36. The van der Waals surface area contributed by atoms with E-state index < -0.39 is 0 Å². The number of benzene rings is 1. The van der Waals surface area contributed by atoms with Crippen molar-refractivity contribution in [1.82, 2.24) is 4.98 Å². The Labute approximate surface area is 95.3 Å². The van der Waals surface area contributed by atoms with Gasteiger partial charge < -0.3 is 10.2 Å². The quantitative estimate of drug-likeness (QED) is 0.858. The van der Waals surface area contributed by atoms with Crippen molar-refractivity contribution >= 4 is 0 Å². The first-order valence-corrected chi connectivity index (χ1v) is 5.50. The highest BCUT2D eigenvalue weighted by atomic mass is 16.4. The summed E-state index contributed by atoms with van der Waals surface area (Å²) in [5, 5.41) is 0. The van der Waals surface area contributed by atoms with Crippen LogP contribution in [0.5, 0.6) is 0 Å². The van der Waals surface area contributed by atoms with Crippen molar-refractivity contribution in [3.63, 3.8) is 0 Å². The molecule has 2 rings (SSSR count). The molecule has 2 aromatic rings. The summed E-state index contributed by atoms with van der Waals surface area (Å²) in [5.74, 6) is 1.41. The minimum absolute atomic E-state index is 0.381. The van der Waals surface area contributed by atoms with Gasteiger partial charge in [-0.05, 0) is 12.0 Å². The van der Waals surface area contributed by atoms with Gasteiger partial charge >= 0.3 is 0 Å². The molecule has 0 fully saturated rings. The van der Waals surface area contributed by atoms with E-state index >= 15 is 0 Å². The van der Waals surface area contributed by atoms with E-state index in [0.717, 1.165) is 23.4 Å². The van der Waals surface area contributed by atoms with Crippen LogP contribution in [0.1, 0.15) is 24.1 Å². The third-order valence-corrected chi connectivity index (χ3v) is 2.63. The Morgan fingerprint density at radius 3 is 2.50 bits per heavy atom. The smallest absolute Gasteiger partial charge is 0.191 e. The number of hydrogen-bond acceptors (Lipinski definition) is 3. The molecule has 3 heteroatoms. The van der Waals surface area contributed by atoms with E-state index in [1.165, 1.54) is 5.56 Å². The summed E-state index contributed by atoms with van der Waals surface area (Å²) in [6.45, 7) is 4.36. The molecule has 0 amide bonds. The monoisotopic (exact) mass is 216 g/mol. The van der Waals surface area contributed by atoms with Gasteiger partial charge in [-0.1, -0.05) is 31.2 Å². The zero-order chi connectivity index (χ0) is 11.5. The number of nitrogens with two attached hydrogens (primary N) is 1. The van der Waals surface area contributed by atoms with Gasteiger partial charge in [-0.2, -0.15) is 0 Å². The molecular formula is C13H16N2O. The third kappa shape index (κ3) is 1.99. The maximum Gasteiger partial charge on any atom is 0.191 e. The van der Waals surface area contributed by atoms with Crippen molar-refractivity contribution in [3.05, 3.63) is 41.5 Å². The second kappa shape index (κ2) is 4.49. The fraction of sp³-hybridized carbons (Fsp3) is 0.308. The van der Waals surface area contributed by atoms with Gasteiger partial charge in [0.2, 0.25) is 0 Å². The summed E-state index contributed by atoms with van der Waals surface area (Å²) in [6, 6.07) is 8.35. The van der Waals surface area contributed by atoms with Crippen molar-refractivity contribution < 1.29 is 4.42 Å². The van der Waals surface area contributed by atoms with Crippen molar-refractivity contribution in [1.29, 1.82) is 0 Å². The lowest BCUT2D eigenvalue weighted by molar-refractivity contribution is 0.477. The molecular weight excluding hydrogens is 200 g/mol. The average Bonchev–Trinajstić information content (AvgIpc) is 2.70. The number of hydrogen-bond donors (Lipinski definition) is 1. The van der Waals surface area contributed by atoms with Crippen molar-refractivity contribution in [2.45, 2.75) is 26.8 Å². The minimum atomic E-state index is 0.381. The Kier molecular flexibility index (Phi) is 3.06. The highest BCUT2D eigenvalue weighted by Gasteiger charge is 2.11. The second-order valence-electron chi connectivity index (χ2n) is 3.76. The van der Waals surface area contributed by atoms with Crippen molar-refractivity contribution in [3.8, 4) is 11.3 Å². The highest BCUT2D eigenvalue weighted by Crippen LogP contribution is 2.23. The maximum absolute atomic E-state index is 5.62. The van der Waals surface area contributed by atoms with Gasteiger partial charge in [0.15, 0.2) is 5.89 Å². The third-order valence-electron chi connectivity index (χ3n) is 2.63. The van der Waals surface area contributed by atoms with E-state index in [1.807, 2.05) is 6.92 Å². The summed E-state index contributed by atoms with van der Waals surface area (Å²) >= 11 is 0. The van der Waals surface area contributed by atoms with Crippen LogP contribution in [0.4, 0.5) is 0 Å². The van der Waals surface area contributed by atoms with Gasteiger partial charge in [-0.3, -0.25) is 0 Å². The van der Waals surface area contributed by atoms with Gasteiger partial charge in [0, 0.05) is 12.5 Å². The number of aryl methyl sites for hydroxylation is 2. The molecule has 84 valence electrons. The molecule has 2 N–H and O–H groups in total. The summed E-state index contributed by atoms with van der Waals surface area (Å²) in [5.41, 5.74) is 8.87. The molecule has 0 saturated carbocycles. The Morgan fingerprint density at radius 2 is 1.94 bits per heavy atom. The number of nitrogens with zero attached hydrogens (tertiary/aromatic N) is 1. The average molecular weight is 216 g/mol. The molecule has 0 saturated heterocycles. The van der Waals surface area contributed by atoms with Crippen LogP contribution in [0.15, 0.2) is 28.7 Å². The largest absolute Gasteiger partial charge is 0.444 e. The Balaban J connectivity index is 2.41. The highest BCUT2D eigenvalue weighted by molar-refractivity contribution is 5.61. The van der Waals surface area contributed by atoms with Gasteiger partial charge in [-0.15, -0.1) is 0 Å². The van der Waals surface area contributed by atoms with Crippen molar-refractivity contribution in [2.75, 3.05) is 0 Å². The first-order chi connectivity index (χ1) is 7.74. The predicted octanol–water partition coefficient (Wildman–Crippen LogP) is 2.67. The number of aromatic nitrogens is 1. The Hall–Kier alpha value is -1.61. The molecule has 0 aliphatic heterocycles. The lowest BCUT2D eigenvalue weighted by atomic mass is 10.1. The SMILES string of the molecule is CCc1ccc(-c2nc(C)oc2CN)cc1. The lowest BCUT2D eigenvalue weighted by Crippen LogP contribution is -1.96. The predicted molar refractivity (Wildman–Crippen MR) is 63.9 cm³/mol. The van der Waals surface area contributed by atoms with E-state index in [2.05, 4.69) is 36.2 Å². The molecule has 0 radical (unpaired) electrons. The Bertz CT molecular complexity index is 471. The minimum Gasteiger partial charge on any atom is -0.444 e. The Morgan fingerprint density at radius 1 is 1.25 bits per heavy atom. The zero-order valence-corrected chi connectivity index (χ0v) is 9.66. The van der Waals surface area contributed by atoms with Crippen LogP contribution in [0.2, 0.25) is 0 Å². The van der Waals surface area contributed by atoms with Crippen LogP contribution in [0.3, 0.4) is 0 Å². The fourth-order valence-electron chi connectivity index (χ4n) is 1.73. The molecule has 0 aliphatic carbocycles. The molecule has 0 unspecified atom stereocenters. The van der Waals surface area contributed by atoms with E-state index in [0.29, 0.717) is 12.4 Å². The summed E-state index contributed by atoms with van der Waals surface area (Å²) in [7, 11) is 0. The molecule has 0 aliphatic rings. The summed E-state index contributed by atoms with van der Waals surface area (Å²) in [6.07, 6.45) is 1.04. The van der Waals surface area contributed by atoms with E-state index in [1.54, 1.807) is 0 Å². The van der Waals surface area contributed by atoms with Gasteiger partial charge in [0.25, 0.3) is 0 Å². The number of oxazole rings is 1. The summed E-state index contributed by atoms with van der Waals surface area (Å²) < 4.78 is 5.44. The van der Waals surface area contributed by atoms with Crippen LogP contribution in [-0.2, 0) is 13.0 Å². The molecule has 1 aromatic carbocycles. The first-order valence-electron chi connectivity index (χ1n) is 5.50. The standard InChI is InChI=1S/C13H16N2O/c1-3-10-4-6-11(7-5-10)13-12(8-14)16-9(2)15-13/h4-7H,3,8,14H2,1-2H3.